The number of piperidine rings is 1. The molecule has 1 fully saturated rings. The van der Waals surface area contributed by atoms with Gasteiger partial charge in [-0.1, -0.05) is 24.3 Å². The number of esters is 1. The number of hydrogen-bond donors (Lipinski definition) is 0. The number of rotatable bonds is 7. The molecule has 0 spiro atoms. The molecule has 7 nitrogen and oxygen atoms in total. The Morgan fingerprint density at radius 3 is 1.97 bits per heavy atom. The summed E-state index contributed by atoms with van der Waals surface area (Å²) in [5, 5.41) is 8.50. The smallest absolute Gasteiger partial charge is 0.330 e. The molecule has 1 aliphatic rings. The first-order chi connectivity index (χ1) is 17.0. The average molecular weight is 490 g/mol. The summed E-state index contributed by atoms with van der Waals surface area (Å²) in [6, 6.07) is 22.5. The maximum absolute atomic E-state index is 12.7. The van der Waals surface area contributed by atoms with Crippen molar-refractivity contribution >= 4 is 32.9 Å². The van der Waals surface area contributed by atoms with Crippen LogP contribution in [0.5, 0.6) is 0 Å². The Bertz CT molecular complexity index is 1290. The highest BCUT2D eigenvalue weighted by atomic mass is 32.2. The fourth-order valence-electron chi connectivity index (χ4n) is 3.84. The first-order valence-corrected chi connectivity index (χ1v) is 12.9. The van der Waals surface area contributed by atoms with Gasteiger partial charge in [-0.15, -0.1) is 0 Å². The van der Waals surface area contributed by atoms with Crippen molar-refractivity contribution in [2.24, 2.45) is 10.2 Å². The van der Waals surface area contributed by atoms with E-state index in [9.17, 15) is 13.2 Å². The van der Waals surface area contributed by atoms with Crippen LogP contribution >= 0.6 is 0 Å². The summed E-state index contributed by atoms with van der Waals surface area (Å²) in [5.74, 6) is -0.284. The Labute approximate surface area is 205 Å². The molecule has 1 saturated heterocycles. The lowest BCUT2D eigenvalue weighted by Crippen LogP contribution is -2.37. The van der Waals surface area contributed by atoms with Crippen LogP contribution in [0.3, 0.4) is 0 Å². The zero-order valence-electron chi connectivity index (χ0n) is 19.4. The Hall–Kier alpha value is -3.78. The fraction of sp³-hybridized carbons (Fsp3) is 0.222. The van der Waals surface area contributed by atoms with Gasteiger partial charge in [0.1, 0.15) is 6.10 Å². The van der Waals surface area contributed by atoms with Gasteiger partial charge in [0, 0.05) is 37.7 Å². The van der Waals surface area contributed by atoms with Crippen molar-refractivity contribution < 1.29 is 17.9 Å². The maximum Gasteiger partial charge on any atom is 0.330 e. The number of azo groups is 1. The highest BCUT2D eigenvalue weighted by Gasteiger charge is 2.22. The van der Waals surface area contributed by atoms with Crippen molar-refractivity contribution in [2.75, 3.05) is 18.0 Å². The molecule has 0 radical (unpaired) electrons. The van der Waals surface area contributed by atoms with Crippen LogP contribution in [0.1, 0.15) is 19.8 Å². The van der Waals surface area contributed by atoms with Crippen molar-refractivity contribution in [3.8, 4) is 0 Å². The molecule has 1 aliphatic heterocycles. The van der Waals surface area contributed by atoms with Gasteiger partial charge in [0.15, 0.2) is 0 Å². The molecule has 1 heterocycles. The van der Waals surface area contributed by atoms with Crippen molar-refractivity contribution in [1.82, 2.24) is 0 Å². The first kappa shape index (κ1) is 24.3. The lowest BCUT2D eigenvalue weighted by atomic mass is 10.1. The molecule has 4 rings (SSSR count). The second kappa shape index (κ2) is 11.1. The molecule has 0 saturated carbocycles. The van der Waals surface area contributed by atoms with Crippen molar-refractivity contribution in [2.45, 2.75) is 35.7 Å². The number of sulfone groups is 1. The molecule has 3 aromatic rings. The van der Waals surface area contributed by atoms with E-state index in [1.165, 1.54) is 6.08 Å². The van der Waals surface area contributed by atoms with E-state index in [1.54, 1.807) is 67.6 Å². The van der Waals surface area contributed by atoms with Crippen LogP contribution < -0.4 is 4.90 Å². The lowest BCUT2D eigenvalue weighted by molar-refractivity contribution is -0.143. The summed E-state index contributed by atoms with van der Waals surface area (Å²) in [5.41, 5.74) is 2.35. The molecule has 0 unspecified atom stereocenters. The number of carbonyl (C=O) groups excluding carboxylic acids is 1. The van der Waals surface area contributed by atoms with Crippen LogP contribution in [-0.4, -0.2) is 33.6 Å². The Balaban J connectivity index is 1.34. The van der Waals surface area contributed by atoms with E-state index in [2.05, 4.69) is 15.1 Å². The zero-order chi connectivity index (χ0) is 24.7. The third kappa shape index (κ3) is 6.22. The molecule has 8 heteroatoms. The predicted molar refractivity (Wildman–Crippen MR) is 135 cm³/mol. The summed E-state index contributed by atoms with van der Waals surface area (Å²) in [6.45, 7) is 3.42. The molecular weight excluding hydrogens is 462 g/mol. The topological polar surface area (TPSA) is 88.4 Å². The SMILES string of the molecule is CC=CC(=O)OC1CCN(c2ccc(N=Nc3ccc(S(=O)(=O)c4ccccc4)cc3)cc2)CC1. The average Bonchev–Trinajstić information content (AvgIpc) is 2.89. The second-order valence-electron chi connectivity index (χ2n) is 8.15. The van der Waals surface area contributed by atoms with Crippen molar-refractivity contribution in [3.63, 3.8) is 0 Å². The molecule has 0 atom stereocenters. The number of benzene rings is 3. The van der Waals surface area contributed by atoms with Crippen LogP contribution in [0, 0.1) is 0 Å². The number of allylic oxidation sites excluding steroid dienone is 1. The molecule has 0 aliphatic carbocycles. The van der Waals surface area contributed by atoms with E-state index in [0.29, 0.717) is 11.4 Å². The minimum Gasteiger partial charge on any atom is -0.459 e. The summed E-state index contributed by atoms with van der Waals surface area (Å²) in [4.78, 5) is 14.3. The van der Waals surface area contributed by atoms with Crippen LogP contribution in [-0.2, 0) is 19.4 Å². The normalized spacial score (nSPS) is 15.1. The van der Waals surface area contributed by atoms with E-state index in [1.807, 2.05) is 24.3 Å². The monoisotopic (exact) mass is 489 g/mol. The number of nitrogens with zero attached hydrogens (tertiary/aromatic N) is 3. The standard InChI is InChI=1S/C27H27N3O4S/c1-2-6-27(31)34-24-17-19-30(20-18-24)23-13-9-21(10-14-23)28-29-22-11-15-26(16-12-22)35(32,33)25-7-4-3-5-8-25/h2-16,24H,17-20H2,1H3. The van der Waals surface area contributed by atoms with Crippen molar-refractivity contribution in [1.29, 1.82) is 0 Å². The zero-order valence-corrected chi connectivity index (χ0v) is 20.3. The minimum absolute atomic E-state index is 0.0444. The molecule has 3 aromatic carbocycles. The van der Waals surface area contributed by atoms with Gasteiger partial charge in [-0.05, 0) is 67.6 Å². The third-order valence-corrected chi connectivity index (χ3v) is 7.51. The van der Waals surface area contributed by atoms with E-state index < -0.39 is 9.84 Å². The molecule has 0 N–H and O–H groups in total. The van der Waals surface area contributed by atoms with Gasteiger partial charge in [0.05, 0.1) is 21.2 Å². The van der Waals surface area contributed by atoms with Gasteiger partial charge >= 0.3 is 5.97 Å². The predicted octanol–water partition coefficient (Wildman–Crippen LogP) is 6.02. The first-order valence-electron chi connectivity index (χ1n) is 11.5. The van der Waals surface area contributed by atoms with Crippen LogP contribution in [0.15, 0.2) is 111 Å². The second-order valence-corrected chi connectivity index (χ2v) is 10.1. The van der Waals surface area contributed by atoms with E-state index in [-0.39, 0.29) is 21.9 Å². The van der Waals surface area contributed by atoms with E-state index in [4.69, 9.17) is 4.74 Å². The van der Waals surface area contributed by atoms with E-state index >= 15 is 0 Å². The largest absolute Gasteiger partial charge is 0.459 e. The van der Waals surface area contributed by atoms with Gasteiger partial charge in [-0.3, -0.25) is 0 Å². The quantitative estimate of drug-likeness (QED) is 0.230. The molecule has 35 heavy (non-hydrogen) atoms. The van der Waals surface area contributed by atoms with E-state index in [0.717, 1.165) is 31.6 Å². The maximum atomic E-state index is 12.7. The molecule has 180 valence electrons. The molecule has 0 amide bonds. The highest BCUT2D eigenvalue weighted by molar-refractivity contribution is 7.91. The van der Waals surface area contributed by atoms with Gasteiger partial charge in [0.2, 0.25) is 9.84 Å². The molecule has 0 aromatic heterocycles. The summed E-state index contributed by atoms with van der Waals surface area (Å²) in [7, 11) is -3.56. The van der Waals surface area contributed by atoms with Crippen LogP contribution in [0.2, 0.25) is 0 Å². The van der Waals surface area contributed by atoms with Crippen LogP contribution in [0.25, 0.3) is 0 Å². The Morgan fingerprint density at radius 1 is 0.857 bits per heavy atom. The van der Waals surface area contributed by atoms with Crippen molar-refractivity contribution in [3.05, 3.63) is 91.0 Å². The number of anilines is 1. The summed E-state index contributed by atoms with van der Waals surface area (Å²) >= 11 is 0. The van der Waals surface area contributed by atoms with Gasteiger partial charge in [0.25, 0.3) is 0 Å². The van der Waals surface area contributed by atoms with Gasteiger partial charge < -0.3 is 9.64 Å². The highest BCUT2D eigenvalue weighted by Crippen LogP contribution is 2.27. The molecule has 0 bridgehead atoms. The van der Waals surface area contributed by atoms with Crippen LogP contribution in [0.4, 0.5) is 17.1 Å². The third-order valence-electron chi connectivity index (χ3n) is 5.72. The summed E-state index contributed by atoms with van der Waals surface area (Å²) < 4.78 is 30.8. The fourth-order valence-corrected chi connectivity index (χ4v) is 5.13. The Morgan fingerprint density at radius 2 is 1.40 bits per heavy atom. The van der Waals surface area contributed by atoms with Gasteiger partial charge in [-0.2, -0.15) is 10.2 Å². The summed E-state index contributed by atoms with van der Waals surface area (Å²) in [6.07, 6.45) is 4.67. The number of hydrogen-bond acceptors (Lipinski definition) is 7. The lowest BCUT2D eigenvalue weighted by Gasteiger charge is -2.33. The Kier molecular flexibility index (Phi) is 7.72. The number of carbonyl (C=O) groups is 1. The van der Waals surface area contributed by atoms with Gasteiger partial charge in [-0.25, -0.2) is 13.2 Å². The number of ether oxygens (including phenoxy) is 1. The molecular formula is C27H27N3O4S. The minimum atomic E-state index is -3.56.